The lowest BCUT2D eigenvalue weighted by Crippen LogP contribution is -2.68. The van der Waals surface area contributed by atoms with Crippen LogP contribution in [-0.2, 0) is 13.0 Å². The molecule has 2 amide bonds. The summed E-state index contributed by atoms with van der Waals surface area (Å²) in [5.41, 5.74) is 3.44. The average molecular weight is 376 g/mol. The van der Waals surface area contributed by atoms with E-state index in [1.807, 2.05) is 6.07 Å². The van der Waals surface area contributed by atoms with Crippen LogP contribution < -0.4 is 31.9 Å². The predicted molar refractivity (Wildman–Crippen MR) is 108 cm³/mol. The molecule has 3 rings (SSSR count). The molecule has 0 bridgehead atoms. The second kappa shape index (κ2) is 9.48. The van der Waals surface area contributed by atoms with E-state index in [1.165, 1.54) is 11.1 Å². The van der Waals surface area contributed by atoms with Gasteiger partial charge in [0.15, 0.2) is 0 Å². The first-order valence-corrected chi connectivity index (χ1v) is 9.80. The van der Waals surface area contributed by atoms with Crippen LogP contribution in [-0.4, -0.2) is 63.2 Å². The SMILES string of the molecule is CC1CC(NCCN(C)C)NC(NC(=O)Nc2ccc3c(c2)CCNC3)N1. The summed E-state index contributed by atoms with van der Waals surface area (Å²) in [6, 6.07) is 6.22. The van der Waals surface area contributed by atoms with Gasteiger partial charge in [-0.2, -0.15) is 0 Å². The lowest BCUT2D eigenvalue weighted by atomic mass is 10.0. The topological polar surface area (TPSA) is 92.5 Å². The highest BCUT2D eigenvalue weighted by Crippen LogP contribution is 2.19. The standard InChI is InChI=1S/C19H33N7O/c1-13-10-17(21-8-9-26(2)3)24-18(22-13)25-19(27)23-16-5-4-15-12-20-7-6-14(15)11-16/h4-5,11,13,17-18,20-22,24H,6-10,12H2,1-3H3,(H2,23,25,27). The summed E-state index contributed by atoms with van der Waals surface area (Å²) in [6.07, 6.45) is 1.86. The highest BCUT2D eigenvalue weighted by atomic mass is 16.2. The van der Waals surface area contributed by atoms with Gasteiger partial charge in [-0.3, -0.25) is 10.6 Å². The molecule has 0 saturated carbocycles. The first-order chi connectivity index (χ1) is 13.0. The zero-order chi connectivity index (χ0) is 19.2. The van der Waals surface area contributed by atoms with Crippen molar-refractivity contribution >= 4 is 11.7 Å². The van der Waals surface area contributed by atoms with Crippen LogP contribution in [0.3, 0.4) is 0 Å². The largest absolute Gasteiger partial charge is 0.321 e. The fourth-order valence-electron chi connectivity index (χ4n) is 3.56. The summed E-state index contributed by atoms with van der Waals surface area (Å²) >= 11 is 0. The number of amides is 2. The second-order valence-electron chi connectivity index (χ2n) is 7.72. The molecule has 2 aliphatic rings. The Kier molecular flexibility index (Phi) is 7.03. The Labute approximate surface area is 161 Å². The van der Waals surface area contributed by atoms with Crippen LogP contribution in [0.5, 0.6) is 0 Å². The van der Waals surface area contributed by atoms with Gasteiger partial charge in [-0.15, -0.1) is 0 Å². The number of carbonyl (C=O) groups excluding carboxylic acids is 1. The van der Waals surface area contributed by atoms with Gasteiger partial charge in [0.2, 0.25) is 0 Å². The molecule has 6 N–H and O–H groups in total. The zero-order valence-electron chi connectivity index (χ0n) is 16.6. The summed E-state index contributed by atoms with van der Waals surface area (Å²) < 4.78 is 0. The number of urea groups is 1. The van der Waals surface area contributed by atoms with E-state index in [0.717, 1.165) is 44.7 Å². The van der Waals surface area contributed by atoms with Crippen LogP contribution in [0.25, 0.3) is 0 Å². The molecule has 27 heavy (non-hydrogen) atoms. The smallest absolute Gasteiger partial charge is 0.312 e. The number of carbonyl (C=O) groups is 1. The molecule has 0 radical (unpaired) electrons. The number of nitrogens with one attached hydrogen (secondary N) is 6. The summed E-state index contributed by atoms with van der Waals surface area (Å²) in [4.78, 5) is 14.6. The number of anilines is 1. The van der Waals surface area contributed by atoms with Gasteiger partial charge in [0.05, 0.1) is 6.17 Å². The van der Waals surface area contributed by atoms with E-state index in [2.05, 4.69) is 70.0 Å². The molecule has 1 fully saturated rings. The molecule has 1 aromatic carbocycles. The number of fused-ring (bicyclic) bond motifs is 1. The molecular weight excluding hydrogens is 342 g/mol. The molecule has 1 aromatic rings. The molecule has 150 valence electrons. The minimum atomic E-state index is -0.271. The van der Waals surface area contributed by atoms with Gasteiger partial charge >= 0.3 is 6.03 Å². The Hall–Kier alpha value is -1.71. The molecule has 2 aliphatic heterocycles. The summed E-state index contributed by atoms with van der Waals surface area (Å²) in [5.74, 6) is 0. The number of hydrogen-bond acceptors (Lipinski definition) is 6. The maximum atomic E-state index is 12.4. The highest BCUT2D eigenvalue weighted by molar-refractivity contribution is 5.89. The Morgan fingerprint density at radius 3 is 2.93 bits per heavy atom. The number of nitrogens with zero attached hydrogens (tertiary/aromatic N) is 1. The van der Waals surface area contributed by atoms with Crippen molar-refractivity contribution in [2.45, 2.75) is 44.8 Å². The monoisotopic (exact) mass is 375 g/mol. The summed E-state index contributed by atoms with van der Waals surface area (Å²) in [6.45, 7) is 5.90. The maximum absolute atomic E-state index is 12.4. The van der Waals surface area contributed by atoms with E-state index >= 15 is 0 Å². The van der Waals surface area contributed by atoms with Crippen LogP contribution in [0.1, 0.15) is 24.5 Å². The van der Waals surface area contributed by atoms with Crippen molar-refractivity contribution in [3.05, 3.63) is 29.3 Å². The van der Waals surface area contributed by atoms with Crippen LogP contribution in [0.15, 0.2) is 18.2 Å². The highest BCUT2D eigenvalue weighted by Gasteiger charge is 2.25. The molecule has 8 nitrogen and oxygen atoms in total. The normalized spacial score (nSPS) is 25.1. The van der Waals surface area contributed by atoms with Crippen molar-refractivity contribution < 1.29 is 4.79 Å². The molecule has 2 heterocycles. The van der Waals surface area contributed by atoms with E-state index < -0.39 is 0 Å². The van der Waals surface area contributed by atoms with Gasteiger partial charge in [-0.25, -0.2) is 4.79 Å². The third-order valence-electron chi connectivity index (χ3n) is 4.98. The number of benzene rings is 1. The Balaban J connectivity index is 1.49. The van der Waals surface area contributed by atoms with Crippen molar-refractivity contribution in [2.24, 2.45) is 0 Å². The van der Waals surface area contributed by atoms with E-state index in [0.29, 0.717) is 6.04 Å². The minimum Gasteiger partial charge on any atom is -0.312 e. The first-order valence-electron chi connectivity index (χ1n) is 9.80. The molecule has 3 atom stereocenters. The van der Waals surface area contributed by atoms with Crippen molar-refractivity contribution in [3.63, 3.8) is 0 Å². The second-order valence-corrected chi connectivity index (χ2v) is 7.72. The number of hydrogen-bond donors (Lipinski definition) is 6. The van der Waals surface area contributed by atoms with Crippen molar-refractivity contribution in [1.82, 2.24) is 31.5 Å². The van der Waals surface area contributed by atoms with Crippen LogP contribution in [0.2, 0.25) is 0 Å². The average Bonchev–Trinajstić information content (AvgIpc) is 2.60. The van der Waals surface area contributed by atoms with Gasteiger partial charge < -0.3 is 26.2 Å². The number of rotatable bonds is 6. The molecule has 1 saturated heterocycles. The maximum Gasteiger partial charge on any atom is 0.321 e. The Morgan fingerprint density at radius 2 is 2.11 bits per heavy atom. The Morgan fingerprint density at radius 1 is 1.26 bits per heavy atom. The van der Waals surface area contributed by atoms with Gasteiger partial charge in [0.1, 0.15) is 6.29 Å². The lowest BCUT2D eigenvalue weighted by molar-refractivity contribution is 0.191. The molecule has 0 aromatic heterocycles. The zero-order valence-corrected chi connectivity index (χ0v) is 16.6. The predicted octanol–water partition coefficient (Wildman–Crippen LogP) is 0.186. The van der Waals surface area contributed by atoms with Crippen molar-refractivity contribution in [1.29, 1.82) is 0 Å². The summed E-state index contributed by atoms with van der Waals surface area (Å²) in [5, 5.41) is 19.6. The van der Waals surface area contributed by atoms with Gasteiger partial charge in [0, 0.05) is 31.4 Å². The molecular formula is C19H33N7O. The molecule has 3 unspecified atom stereocenters. The van der Waals surface area contributed by atoms with Crippen LogP contribution >= 0.6 is 0 Å². The van der Waals surface area contributed by atoms with Crippen molar-refractivity contribution in [3.8, 4) is 0 Å². The molecule has 8 heteroatoms. The van der Waals surface area contributed by atoms with E-state index in [-0.39, 0.29) is 18.5 Å². The molecule has 0 spiro atoms. The Bertz CT molecular complexity index is 636. The third-order valence-corrected chi connectivity index (χ3v) is 4.98. The lowest BCUT2D eigenvalue weighted by Gasteiger charge is -2.37. The molecule has 0 aliphatic carbocycles. The van der Waals surface area contributed by atoms with Gasteiger partial charge in [-0.05, 0) is 63.7 Å². The van der Waals surface area contributed by atoms with Gasteiger partial charge in [-0.1, -0.05) is 6.07 Å². The quantitative estimate of drug-likeness (QED) is 0.425. The van der Waals surface area contributed by atoms with E-state index in [1.54, 1.807) is 0 Å². The van der Waals surface area contributed by atoms with Crippen LogP contribution in [0, 0.1) is 0 Å². The minimum absolute atomic E-state index is 0.169. The summed E-state index contributed by atoms with van der Waals surface area (Å²) in [7, 11) is 4.12. The van der Waals surface area contributed by atoms with Gasteiger partial charge in [0.25, 0.3) is 0 Å². The first kappa shape index (κ1) is 20.0. The van der Waals surface area contributed by atoms with E-state index in [9.17, 15) is 4.79 Å². The fraction of sp³-hybridized carbons (Fsp3) is 0.632. The number of likely N-dealkylation sites (N-methyl/N-ethyl adjacent to an activating group) is 1. The fourth-order valence-corrected chi connectivity index (χ4v) is 3.56. The third kappa shape index (κ3) is 6.15. The van der Waals surface area contributed by atoms with Crippen LogP contribution in [0.4, 0.5) is 10.5 Å². The van der Waals surface area contributed by atoms with Crippen molar-refractivity contribution in [2.75, 3.05) is 39.0 Å². The van der Waals surface area contributed by atoms with E-state index in [4.69, 9.17) is 0 Å².